The molecule has 0 saturated carbocycles. The van der Waals surface area contributed by atoms with Gasteiger partial charge in [-0.2, -0.15) is 5.11 Å². The number of benzene rings is 2. The number of hydrogen-bond donors (Lipinski definition) is 1. The number of carbonyl (C=O) groups excluding carboxylic acids is 3. The fraction of sp³-hybridized carbons (Fsp3) is 0.250. The van der Waals surface area contributed by atoms with Crippen molar-refractivity contribution in [2.75, 3.05) is 16.8 Å². The molecule has 30 heavy (non-hydrogen) atoms. The van der Waals surface area contributed by atoms with Crippen molar-refractivity contribution in [2.24, 2.45) is 10.3 Å². The SMILES string of the molecule is Cc1ccc(N2C(=O)[C@H]3N=NN(CC(=O)Nc4ccc(F)c(Cl)c4)[C@@H]3C2=O)cc1C. The standard InChI is InChI=1S/C20H17ClFN5O3/c1-10-3-5-13(7-11(10)2)27-19(29)17-18(20(27)30)26(25-24-17)9-16(28)23-12-4-6-15(22)14(21)8-12/h3-8,17-18H,9H2,1-2H3,(H,23,28)/t17-,18-/m0/s1. The van der Waals surface area contributed by atoms with Gasteiger partial charge in [0.25, 0.3) is 11.8 Å². The first kappa shape index (κ1) is 20.0. The number of imide groups is 1. The monoisotopic (exact) mass is 429 g/mol. The molecule has 2 atom stereocenters. The maximum absolute atomic E-state index is 13.3. The Balaban J connectivity index is 1.49. The second kappa shape index (κ2) is 7.49. The van der Waals surface area contributed by atoms with E-state index in [1.54, 1.807) is 12.1 Å². The summed E-state index contributed by atoms with van der Waals surface area (Å²) in [4.78, 5) is 39.2. The van der Waals surface area contributed by atoms with Gasteiger partial charge in [-0.1, -0.05) is 22.9 Å². The molecule has 2 aliphatic heterocycles. The van der Waals surface area contributed by atoms with Crippen LogP contribution in [0, 0.1) is 19.7 Å². The minimum absolute atomic E-state index is 0.130. The van der Waals surface area contributed by atoms with Gasteiger partial charge in [-0.3, -0.25) is 19.4 Å². The van der Waals surface area contributed by atoms with Gasteiger partial charge in [0.05, 0.1) is 10.7 Å². The van der Waals surface area contributed by atoms with Gasteiger partial charge in [0.15, 0.2) is 12.1 Å². The van der Waals surface area contributed by atoms with Crippen LogP contribution in [0.3, 0.4) is 0 Å². The average molecular weight is 430 g/mol. The molecular weight excluding hydrogens is 413 g/mol. The number of rotatable bonds is 4. The summed E-state index contributed by atoms with van der Waals surface area (Å²) in [6, 6.07) is 7.08. The van der Waals surface area contributed by atoms with Crippen LogP contribution in [0.15, 0.2) is 46.7 Å². The minimum atomic E-state index is -0.993. The number of anilines is 2. The second-order valence-electron chi connectivity index (χ2n) is 7.15. The summed E-state index contributed by atoms with van der Waals surface area (Å²) in [5.41, 5.74) is 2.74. The van der Waals surface area contributed by atoms with E-state index in [0.717, 1.165) is 22.1 Å². The number of nitrogens with zero attached hydrogens (tertiary/aromatic N) is 4. The van der Waals surface area contributed by atoms with Gasteiger partial charge in [-0.05, 0) is 55.3 Å². The number of aryl methyl sites for hydroxylation is 2. The summed E-state index contributed by atoms with van der Waals surface area (Å²) in [6.07, 6.45) is 0. The van der Waals surface area contributed by atoms with Crippen LogP contribution in [-0.4, -0.2) is 41.4 Å². The van der Waals surface area contributed by atoms with Crippen LogP contribution in [0.4, 0.5) is 15.8 Å². The minimum Gasteiger partial charge on any atom is -0.324 e. The van der Waals surface area contributed by atoms with Crippen LogP contribution in [0.5, 0.6) is 0 Å². The molecule has 8 nitrogen and oxygen atoms in total. The smallest absolute Gasteiger partial charge is 0.263 e. The molecule has 1 N–H and O–H groups in total. The van der Waals surface area contributed by atoms with E-state index < -0.39 is 35.6 Å². The number of fused-ring (bicyclic) bond motifs is 1. The van der Waals surface area contributed by atoms with E-state index in [1.165, 1.54) is 17.1 Å². The van der Waals surface area contributed by atoms with E-state index in [0.29, 0.717) is 11.4 Å². The number of nitrogens with one attached hydrogen (secondary N) is 1. The summed E-state index contributed by atoms with van der Waals surface area (Å²) < 4.78 is 13.3. The lowest BCUT2D eigenvalue weighted by Crippen LogP contribution is -2.43. The fourth-order valence-corrected chi connectivity index (χ4v) is 3.58. The molecule has 2 heterocycles. The van der Waals surface area contributed by atoms with Crippen LogP contribution in [0.25, 0.3) is 0 Å². The van der Waals surface area contributed by atoms with Crippen LogP contribution >= 0.6 is 11.6 Å². The summed E-state index contributed by atoms with van der Waals surface area (Å²) in [5.74, 6) is -2.09. The van der Waals surface area contributed by atoms with E-state index in [-0.39, 0.29) is 11.6 Å². The largest absolute Gasteiger partial charge is 0.324 e. The van der Waals surface area contributed by atoms with Gasteiger partial charge in [-0.25, -0.2) is 9.29 Å². The third-order valence-corrected chi connectivity index (χ3v) is 5.41. The molecule has 1 fully saturated rings. The predicted molar refractivity (Wildman–Crippen MR) is 108 cm³/mol. The molecule has 1 saturated heterocycles. The Labute approximate surface area is 176 Å². The van der Waals surface area contributed by atoms with Crippen molar-refractivity contribution in [3.8, 4) is 0 Å². The van der Waals surface area contributed by atoms with Crippen molar-refractivity contribution < 1.29 is 18.8 Å². The number of amides is 3. The van der Waals surface area contributed by atoms with Crippen LogP contribution in [-0.2, 0) is 14.4 Å². The molecule has 2 aromatic rings. The maximum atomic E-state index is 13.3. The highest BCUT2D eigenvalue weighted by atomic mass is 35.5. The molecule has 0 bridgehead atoms. The van der Waals surface area contributed by atoms with Crippen LogP contribution < -0.4 is 10.2 Å². The van der Waals surface area contributed by atoms with E-state index in [9.17, 15) is 18.8 Å². The normalized spacial score (nSPS) is 20.1. The molecule has 0 radical (unpaired) electrons. The molecule has 2 aliphatic rings. The first-order valence-electron chi connectivity index (χ1n) is 9.13. The lowest BCUT2D eigenvalue weighted by Gasteiger charge is -2.20. The molecule has 10 heteroatoms. The quantitative estimate of drug-likeness (QED) is 0.756. The van der Waals surface area contributed by atoms with E-state index >= 15 is 0 Å². The van der Waals surface area contributed by atoms with E-state index in [1.807, 2.05) is 19.9 Å². The molecule has 0 unspecified atom stereocenters. The number of halogens is 2. The zero-order valence-corrected chi connectivity index (χ0v) is 16.9. The van der Waals surface area contributed by atoms with Gasteiger partial charge in [0.2, 0.25) is 5.91 Å². The van der Waals surface area contributed by atoms with E-state index in [2.05, 4.69) is 15.7 Å². The molecule has 0 spiro atoms. The highest BCUT2D eigenvalue weighted by Gasteiger charge is 2.55. The van der Waals surface area contributed by atoms with Gasteiger partial charge >= 0.3 is 0 Å². The molecule has 2 aromatic carbocycles. The Morgan fingerprint density at radius 3 is 2.60 bits per heavy atom. The van der Waals surface area contributed by atoms with Crippen molar-refractivity contribution in [1.29, 1.82) is 0 Å². The van der Waals surface area contributed by atoms with Gasteiger partial charge in [0, 0.05) is 5.69 Å². The van der Waals surface area contributed by atoms with E-state index in [4.69, 9.17) is 11.6 Å². The summed E-state index contributed by atoms with van der Waals surface area (Å²) in [6.45, 7) is 3.52. The summed E-state index contributed by atoms with van der Waals surface area (Å²) in [5, 5.41) is 11.4. The number of hydrogen-bond acceptors (Lipinski definition) is 6. The second-order valence-corrected chi connectivity index (χ2v) is 7.56. The lowest BCUT2D eigenvalue weighted by atomic mass is 10.1. The summed E-state index contributed by atoms with van der Waals surface area (Å²) >= 11 is 5.71. The van der Waals surface area contributed by atoms with Gasteiger partial charge in [0.1, 0.15) is 12.4 Å². The Morgan fingerprint density at radius 1 is 1.13 bits per heavy atom. The van der Waals surface area contributed by atoms with Crippen molar-refractivity contribution in [1.82, 2.24) is 5.01 Å². The highest BCUT2D eigenvalue weighted by molar-refractivity contribution is 6.31. The zero-order chi connectivity index (χ0) is 21.6. The lowest BCUT2D eigenvalue weighted by molar-refractivity contribution is -0.123. The van der Waals surface area contributed by atoms with Crippen LogP contribution in [0.2, 0.25) is 5.02 Å². The van der Waals surface area contributed by atoms with Gasteiger partial charge in [-0.15, -0.1) is 0 Å². The number of carbonyl (C=O) groups is 3. The third-order valence-electron chi connectivity index (χ3n) is 5.12. The third kappa shape index (κ3) is 3.41. The Morgan fingerprint density at radius 2 is 1.90 bits per heavy atom. The van der Waals surface area contributed by atoms with Crippen molar-refractivity contribution in [3.05, 3.63) is 58.4 Å². The Bertz CT molecular complexity index is 1110. The fourth-order valence-electron chi connectivity index (χ4n) is 3.39. The topological polar surface area (TPSA) is 94.4 Å². The van der Waals surface area contributed by atoms with Crippen molar-refractivity contribution in [2.45, 2.75) is 25.9 Å². The summed E-state index contributed by atoms with van der Waals surface area (Å²) in [7, 11) is 0. The van der Waals surface area contributed by atoms with Crippen molar-refractivity contribution >= 4 is 40.7 Å². The van der Waals surface area contributed by atoms with Gasteiger partial charge < -0.3 is 5.32 Å². The van der Waals surface area contributed by atoms with Crippen molar-refractivity contribution in [3.63, 3.8) is 0 Å². The molecule has 4 rings (SSSR count). The Hall–Kier alpha value is -3.33. The average Bonchev–Trinajstić information content (AvgIpc) is 3.21. The Kier molecular flexibility index (Phi) is 4.98. The molecule has 0 aromatic heterocycles. The van der Waals surface area contributed by atoms with Crippen LogP contribution in [0.1, 0.15) is 11.1 Å². The molecule has 154 valence electrons. The molecule has 0 aliphatic carbocycles. The maximum Gasteiger partial charge on any atom is 0.263 e. The molecule has 3 amide bonds. The first-order valence-corrected chi connectivity index (χ1v) is 9.51. The zero-order valence-electron chi connectivity index (χ0n) is 16.1. The highest BCUT2D eigenvalue weighted by Crippen LogP contribution is 2.32. The first-order chi connectivity index (χ1) is 14.3. The molecular formula is C20H17ClFN5O3. The predicted octanol–water partition coefficient (Wildman–Crippen LogP) is 3.03.